The van der Waals surface area contributed by atoms with E-state index in [-0.39, 0.29) is 0 Å². The predicted octanol–water partition coefficient (Wildman–Crippen LogP) is 5.03. The summed E-state index contributed by atoms with van der Waals surface area (Å²) in [5.41, 5.74) is 0.634. The Kier molecular flexibility index (Phi) is 11.0. The largest absolute Gasteiger partial charge is 0.0656 e. The molecular formula is C12H28. The zero-order valence-corrected chi connectivity index (χ0v) is 10.0. The fourth-order valence-electron chi connectivity index (χ4n) is 1.21. The quantitative estimate of drug-likeness (QED) is 0.558. The average Bonchev–Trinajstić information content (AvgIpc) is 2.06. The van der Waals surface area contributed by atoms with Crippen LogP contribution in [0.25, 0.3) is 0 Å². The van der Waals surface area contributed by atoms with Crippen molar-refractivity contribution in [3.05, 3.63) is 0 Å². The van der Waals surface area contributed by atoms with Crippen molar-refractivity contribution in [1.82, 2.24) is 0 Å². The van der Waals surface area contributed by atoms with Gasteiger partial charge in [0.05, 0.1) is 0 Å². The van der Waals surface area contributed by atoms with Crippen LogP contribution in [0.2, 0.25) is 0 Å². The van der Waals surface area contributed by atoms with Crippen molar-refractivity contribution in [2.24, 2.45) is 5.41 Å². The summed E-state index contributed by atoms with van der Waals surface area (Å²) in [6.45, 7) is 13.5. The Balaban J connectivity index is 0. The summed E-state index contributed by atoms with van der Waals surface area (Å²) >= 11 is 0. The zero-order valence-electron chi connectivity index (χ0n) is 10.0. The van der Waals surface area contributed by atoms with Crippen LogP contribution in [-0.2, 0) is 0 Å². The molecule has 0 aliphatic rings. The third-order valence-corrected chi connectivity index (χ3v) is 2.56. The summed E-state index contributed by atoms with van der Waals surface area (Å²) in [6.07, 6.45) is 6.63. The standard InChI is InChI=1S/C9H20.C3H8/c1-5-8-9(4,6-2)7-3;1-3-2/h5-8H2,1-4H3;3H2,1-2H3. The van der Waals surface area contributed by atoms with Crippen LogP contribution in [-0.4, -0.2) is 0 Å². The molecule has 0 heterocycles. The molecule has 0 spiro atoms. The van der Waals surface area contributed by atoms with Crippen molar-refractivity contribution >= 4 is 0 Å². The molecule has 0 radical (unpaired) electrons. The van der Waals surface area contributed by atoms with Crippen LogP contribution in [0.5, 0.6) is 0 Å². The van der Waals surface area contributed by atoms with Crippen LogP contribution in [0.1, 0.15) is 73.6 Å². The predicted molar refractivity (Wildman–Crippen MR) is 59.6 cm³/mol. The van der Waals surface area contributed by atoms with Crippen molar-refractivity contribution in [1.29, 1.82) is 0 Å². The maximum absolute atomic E-state index is 2.39. The van der Waals surface area contributed by atoms with Crippen molar-refractivity contribution < 1.29 is 0 Å². The van der Waals surface area contributed by atoms with Gasteiger partial charge in [-0.05, 0) is 11.8 Å². The highest BCUT2D eigenvalue weighted by Gasteiger charge is 2.16. The Morgan fingerprint density at radius 3 is 1.25 bits per heavy atom. The second-order valence-electron chi connectivity index (χ2n) is 3.97. The first-order chi connectivity index (χ1) is 5.60. The summed E-state index contributed by atoms with van der Waals surface area (Å²) in [4.78, 5) is 0. The maximum Gasteiger partial charge on any atom is -0.0331 e. The topological polar surface area (TPSA) is 0 Å². The van der Waals surface area contributed by atoms with Gasteiger partial charge < -0.3 is 0 Å². The first-order valence-electron chi connectivity index (χ1n) is 5.60. The van der Waals surface area contributed by atoms with Gasteiger partial charge in [0.15, 0.2) is 0 Å². The lowest BCUT2D eigenvalue weighted by Gasteiger charge is -2.25. The highest BCUT2D eigenvalue weighted by molar-refractivity contribution is 4.69. The minimum absolute atomic E-state index is 0.634. The van der Waals surface area contributed by atoms with Gasteiger partial charge in [0.2, 0.25) is 0 Å². The van der Waals surface area contributed by atoms with Crippen LogP contribution in [0.15, 0.2) is 0 Å². The van der Waals surface area contributed by atoms with Crippen LogP contribution >= 0.6 is 0 Å². The first kappa shape index (κ1) is 14.5. The van der Waals surface area contributed by atoms with E-state index in [1.165, 1.54) is 32.1 Å². The maximum atomic E-state index is 2.39. The number of rotatable bonds is 4. The third-order valence-electron chi connectivity index (χ3n) is 2.56. The molecular weight excluding hydrogens is 144 g/mol. The van der Waals surface area contributed by atoms with Gasteiger partial charge in [0.25, 0.3) is 0 Å². The smallest absolute Gasteiger partial charge is 0.0331 e. The highest BCUT2D eigenvalue weighted by atomic mass is 14.2. The highest BCUT2D eigenvalue weighted by Crippen LogP contribution is 2.30. The molecule has 0 atom stereocenters. The number of hydrogen-bond donors (Lipinski definition) is 0. The monoisotopic (exact) mass is 172 g/mol. The molecule has 0 aromatic carbocycles. The minimum Gasteiger partial charge on any atom is -0.0656 e. The Hall–Kier alpha value is 0. The SMILES string of the molecule is CCC.CCCC(C)(CC)CC. The van der Waals surface area contributed by atoms with E-state index < -0.39 is 0 Å². The van der Waals surface area contributed by atoms with E-state index in [2.05, 4.69) is 41.5 Å². The fraction of sp³-hybridized carbons (Fsp3) is 1.00. The van der Waals surface area contributed by atoms with Gasteiger partial charge in [-0.3, -0.25) is 0 Å². The average molecular weight is 172 g/mol. The Morgan fingerprint density at radius 2 is 1.17 bits per heavy atom. The molecule has 0 rings (SSSR count). The van der Waals surface area contributed by atoms with E-state index in [1.807, 2.05) is 0 Å². The summed E-state index contributed by atoms with van der Waals surface area (Å²) in [7, 11) is 0. The molecule has 0 amide bonds. The van der Waals surface area contributed by atoms with Crippen molar-refractivity contribution in [3.63, 3.8) is 0 Å². The Labute approximate surface area is 79.8 Å². The van der Waals surface area contributed by atoms with Gasteiger partial charge in [-0.1, -0.05) is 67.2 Å². The summed E-state index contributed by atoms with van der Waals surface area (Å²) in [5, 5.41) is 0. The summed E-state index contributed by atoms with van der Waals surface area (Å²) in [5.74, 6) is 0. The van der Waals surface area contributed by atoms with Gasteiger partial charge in [0, 0.05) is 0 Å². The van der Waals surface area contributed by atoms with Gasteiger partial charge in [0.1, 0.15) is 0 Å². The Bertz CT molecular complexity index is 70.1. The molecule has 0 aliphatic carbocycles. The van der Waals surface area contributed by atoms with E-state index in [4.69, 9.17) is 0 Å². The molecule has 0 unspecified atom stereocenters. The lowest BCUT2D eigenvalue weighted by molar-refractivity contribution is 0.270. The summed E-state index contributed by atoms with van der Waals surface area (Å²) < 4.78 is 0. The first-order valence-corrected chi connectivity index (χ1v) is 5.60. The van der Waals surface area contributed by atoms with Crippen molar-refractivity contribution in [2.45, 2.75) is 73.6 Å². The van der Waals surface area contributed by atoms with Crippen molar-refractivity contribution in [2.75, 3.05) is 0 Å². The number of hydrogen-bond acceptors (Lipinski definition) is 0. The molecule has 0 aromatic rings. The molecule has 0 bridgehead atoms. The molecule has 0 saturated heterocycles. The van der Waals surface area contributed by atoms with E-state index in [0.717, 1.165) is 0 Å². The summed E-state index contributed by atoms with van der Waals surface area (Å²) in [6, 6.07) is 0. The lowest BCUT2D eigenvalue weighted by Crippen LogP contribution is -2.12. The third kappa shape index (κ3) is 8.10. The van der Waals surface area contributed by atoms with E-state index in [1.54, 1.807) is 0 Å². The second kappa shape index (κ2) is 9.09. The van der Waals surface area contributed by atoms with E-state index in [9.17, 15) is 0 Å². The molecule has 12 heavy (non-hydrogen) atoms. The van der Waals surface area contributed by atoms with Crippen LogP contribution in [0, 0.1) is 5.41 Å². The lowest BCUT2D eigenvalue weighted by atomic mass is 9.81. The van der Waals surface area contributed by atoms with Crippen LogP contribution < -0.4 is 0 Å². The van der Waals surface area contributed by atoms with Gasteiger partial charge in [-0.2, -0.15) is 0 Å². The molecule has 0 fully saturated rings. The Morgan fingerprint density at radius 1 is 0.833 bits per heavy atom. The molecule has 0 N–H and O–H groups in total. The molecule has 0 nitrogen and oxygen atoms in total. The molecule has 0 saturated carbocycles. The molecule has 0 aromatic heterocycles. The molecule has 0 aliphatic heterocycles. The van der Waals surface area contributed by atoms with Gasteiger partial charge >= 0.3 is 0 Å². The second-order valence-corrected chi connectivity index (χ2v) is 3.97. The van der Waals surface area contributed by atoms with Gasteiger partial charge in [-0.25, -0.2) is 0 Å². The normalized spacial score (nSPS) is 10.5. The van der Waals surface area contributed by atoms with E-state index >= 15 is 0 Å². The van der Waals surface area contributed by atoms with E-state index in [0.29, 0.717) is 5.41 Å². The van der Waals surface area contributed by atoms with Crippen molar-refractivity contribution in [3.8, 4) is 0 Å². The van der Waals surface area contributed by atoms with Crippen LogP contribution in [0.4, 0.5) is 0 Å². The zero-order chi connectivity index (χ0) is 10.0. The minimum atomic E-state index is 0.634. The van der Waals surface area contributed by atoms with Gasteiger partial charge in [-0.15, -0.1) is 0 Å². The molecule has 0 heteroatoms. The fourth-order valence-corrected chi connectivity index (χ4v) is 1.21. The van der Waals surface area contributed by atoms with Crippen LogP contribution in [0.3, 0.4) is 0 Å². The molecule has 76 valence electrons.